The number of thiazole rings is 1. The van der Waals surface area contributed by atoms with Crippen molar-refractivity contribution in [3.63, 3.8) is 0 Å². The number of esters is 1. The molecule has 3 aromatic rings. The van der Waals surface area contributed by atoms with Gasteiger partial charge >= 0.3 is 5.97 Å². The minimum Gasteiger partial charge on any atom is -0.423 e. The van der Waals surface area contributed by atoms with Crippen LogP contribution in [0.5, 0.6) is 5.75 Å². The first kappa shape index (κ1) is 16.7. The van der Waals surface area contributed by atoms with Gasteiger partial charge in [-0.25, -0.2) is 14.8 Å². The van der Waals surface area contributed by atoms with Gasteiger partial charge in [0.15, 0.2) is 5.96 Å². The lowest BCUT2D eigenvalue weighted by Gasteiger charge is -2.04. The number of halogens is 1. The zero-order valence-corrected chi connectivity index (χ0v) is 13.4. The van der Waals surface area contributed by atoms with Crippen molar-refractivity contribution >= 4 is 51.6 Å². The molecule has 4 N–H and O–H groups in total. The molecule has 0 aliphatic rings. The van der Waals surface area contributed by atoms with Crippen LogP contribution in [0, 0.1) is 0 Å². The number of nitrogens with zero attached hydrogens (tertiary/aromatic N) is 2. The largest absolute Gasteiger partial charge is 0.423 e. The molecular weight excluding hydrogens is 336 g/mol. The fourth-order valence-electron chi connectivity index (χ4n) is 1.89. The van der Waals surface area contributed by atoms with E-state index >= 15 is 0 Å². The van der Waals surface area contributed by atoms with Crippen LogP contribution in [0.15, 0.2) is 53.0 Å². The second kappa shape index (κ2) is 7.08. The molecule has 0 aliphatic heterocycles. The lowest BCUT2D eigenvalue weighted by Crippen LogP contribution is -2.21. The third-order valence-electron chi connectivity index (χ3n) is 2.87. The number of fused-ring (bicyclic) bond motifs is 1. The molecule has 0 spiro atoms. The van der Waals surface area contributed by atoms with Crippen molar-refractivity contribution in [1.29, 1.82) is 0 Å². The Kier molecular flexibility index (Phi) is 5.15. The van der Waals surface area contributed by atoms with Crippen molar-refractivity contribution in [1.82, 2.24) is 4.98 Å². The fraction of sp³-hybridized carbons (Fsp3) is 0. The molecule has 0 unspecified atom stereocenters. The Morgan fingerprint density at radius 2 is 1.87 bits per heavy atom. The molecule has 0 fully saturated rings. The first-order chi connectivity index (χ1) is 10.6. The normalized spacial score (nSPS) is 9.91. The van der Waals surface area contributed by atoms with Crippen LogP contribution in [0.25, 0.3) is 10.2 Å². The van der Waals surface area contributed by atoms with Crippen LogP contribution in [0.3, 0.4) is 0 Å². The summed E-state index contributed by atoms with van der Waals surface area (Å²) in [5.41, 5.74) is 14.1. The Morgan fingerprint density at radius 3 is 2.57 bits per heavy atom. The molecule has 6 nitrogen and oxygen atoms in total. The zero-order chi connectivity index (χ0) is 15.5. The molecular formula is C15H13ClN4O2S. The van der Waals surface area contributed by atoms with E-state index in [9.17, 15) is 4.79 Å². The van der Waals surface area contributed by atoms with E-state index in [4.69, 9.17) is 16.2 Å². The number of aromatic nitrogens is 1. The van der Waals surface area contributed by atoms with Gasteiger partial charge in [-0.05, 0) is 36.4 Å². The van der Waals surface area contributed by atoms with E-state index in [0.29, 0.717) is 17.0 Å². The molecule has 0 saturated heterocycles. The summed E-state index contributed by atoms with van der Waals surface area (Å²) in [4.78, 5) is 20.2. The Morgan fingerprint density at radius 1 is 1.13 bits per heavy atom. The van der Waals surface area contributed by atoms with Crippen molar-refractivity contribution in [2.75, 3.05) is 0 Å². The molecule has 0 radical (unpaired) electrons. The van der Waals surface area contributed by atoms with E-state index in [1.54, 1.807) is 41.9 Å². The van der Waals surface area contributed by atoms with Crippen molar-refractivity contribution in [3.8, 4) is 5.75 Å². The summed E-state index contributed by atoms with van der Waals surface area (Å²) in [6.45, 7) is 0. The standard InChI is InChI=1S/C15H12N4O2S.ClH/c16-15(17)19-10-3-1-9(2-4-10)14(20)21-11-5-6-13-12(7-11)18-8-22-13;/h1-8H,(H4,16,17,19);1H. The number of rotatable bonds is 3. The maximum Gasteiger partial charge on any atom is 0.343 e. The van der Waals surface area contributed by atoms with E-state index < -0.39 is 5.97 Å². The Balaban J connectivity index is 0.00000192. The first-order valence-electron chi connectivity index (χ1n) is 6.37. The summed E-state index contributed by atoms with van der Waals surface area (Å²) in [6.07, 6.45) is 0. The highest BCUT2D eigenvalue weighted by Gasteiger charge is 2.09. The topological polar surface area (TPSA) is 104 Å². The number of nitrogens with two attached hydrogens (primary N) is 2. The summed E-state index contributed by atoms with van der Waals surface area (Å²) in [5, 5.41) is 0. The lowest BCUT2D eigenvalue weighted by atomic mass is 10.2. The molecule has 8 heteroatoms. The number of ether oxygens (including phenoxy) is 1. The maximum absolute atomic E-state index is 12.1. The summed E-state index contributed by atoms with van der Waals surface area (Å²) in [7, 11) is 0. The molecule has 0 saturated carbocycles. The van der Waals surface area contributed by atoms with E-state index in [0.717, 1.165) is 10.2 Å². The van der Waals surface area contributed by atoms with E-state index in [1.807, 2.05) is 6.07 Å². The average molecular weight is 349 g/mol. The number of benzene rings is 2. The molecule has 23 heavy (non-hydrogen) atoms. The van der Waals surface area contributed by atoms with Crippen molar-refractivity contribution in [3.05, 3.63) is 53.5 Å². The first-order valence-corrected chi connectivity index (χ1v) is 7.25. The van der Waals surface area contributed by atoms with Gasteiger partial charge in [0.25, 0.3) is 0 Å². The van der Waals surface area contributed by atoms with Gasteiger partial charge in [0.1, 0.15) is 5.75 Å². The van der Waals surface area contributed by atoms with Crippen LogP contribution in [-0.4, -0.2) is 16.9 Å². The number of hydrogen-bond donors (Lipinski definition) is 2. The van der Waals surface area contributed by atoms with E-state index in [-0.39, 0.29) is 18.4 Å². The quantitative estimate of drug-likeness (QED) is 0.328. The lowest BCUT2D eigenvalue weighted by molar-refractivity contribution is 0.0735. The highest BCUT2D eigenvalue weighted by molar-refractivity contribution is 7.16. The van der Waals surface area contributed by atoms with E-state index in [2.05, 4.69) is 9.98 Å². The van der Waals surface area contributed by atoms with Crippen molar-refractivity contribution in [2.24, 2.45) is 16.5 Å². The average Bonchev–Trinajstić information content (AvgIpc) is 2.95. The van der Waals surface area contributed by atoms with Crippen LogP contribution in [0.4, 0.5) is 5.69 Å². The van der Waals surface area contributed by atoms with Gasteiger partial charge in [-0.2, -0.15) is 0 Å². The van der Waals surface area contributed by atoms with Gasteiger partial charge < -0.3 is 16.2 Å². The Labute approximate surface area is 142 Å². The van der Waals surface area contributed by atoms with Gasteiger partial charge in [-0.1, -0.05) is 0 Å². The van der Waals surface area contributed by atoms with Crippen LogP contribution >= 0.6 is 23.7 Å². The van der Waals surface area contributed by atoms with E-state index in [1.165, 1.54) is 11.3 Å². The summed E-state index contributed by atoms with van der Waals surface area (Å²) in [6, 6.07) is 11.8. The third kappa shape index (κ3) is 3.97. The molecule has 0 aliphatic carbocycles. The smallest absolute Gasteiger partial charge is 0.343 e. The Hall–Kier alpha value is -2.64. The van der Waals surface area contributed by atoms with Crippen LogP contribution in [-0.2, 0) is 0 Å². The SMILES string of the molecule is Cl.NC(N)=Nc1ccc(C(=O)Oc2ccc3scnc3c2)cc1. The number of carbonyl (C=O) groups excluding carboxylic acids is 1. The number of carbonyl (C=O) groups is 1. The van der Waals surface area contributed by atoms with Crippen LogP contribution in [0.2, 0.25) is 0 Å². The summed E-state index contributed by atoms with van der Waals surface area (Å²) >= 11 is 1.53. The maximum atomic E-state index is 12.1. The predicted molar refractivity (Wildman–Crippen MR) is 93.7 cm³/mol. The molecule has 3 rings (SSSR count). The van der Waals surface area contributed by atoms with Gasteiger partial charge in [-0.15, -0.1) is 23.7 Å². The van der Waals surface area contributed by atoms with Crippen LogP contribution in [0.1, 0.15) is 10.4 Å². The van der Waals surface area contributed by atoms with Crippen molar-refractivity contribution < 1.29 is 9.53 Å². The monoisotopic (exact) mass is 348 g/mol. The van der Waals surface area contributed by atoms with Gasteiger partial charge in [0.2, 0.25) is 0 Å². The zero-order valence-electron chi connectivity index (χ0n) is 11.8. The highest BCUT2D eigenvalue weighted by atomic mass is 35.5. The van der Waals surface area contributed by atoms with Gasteiger partial charge in [-0.3, -0.25) is 0 Å². The molecule has 1 heterocycles. The summed E-state index contributed by atoms with van der Waals surface area (Å²) in [5.74, 6) is -0.0329. The Bertz CT molecular complexity index is 857. The number of guanidine groups is 1. The van der Waals surface area contributed by atoms with Crippen molar-refractivity contribution in [2.45, 2.75) is 0 Å². The molecule has 0 amide bonds. The molecule has 1 aromatic heterocycles. The molecule has 118 valence electrons. The fourth-order valence-corrected chi connectivity index (χ4v) is 2.55. The van der Waals surface area contributed by atoms with Gasteiger partial charge in [0.05, 0.1) is 27.0 Å². The highest BCUT2D eigenvalue weighted by Crippen LogP contribution is 2.23. The molecule has 2 aromatic carbocycles. The minimum atomic E-state index is -0.453. The predicted octanol–water partition coefficient (Wildman–Crippen LogP) is 2.84. The second-order valence-electron chi connectivity index (χ2n) is 4.45. The number of aliphatic imine (C=N–C) groups is 1. The third-order valence-corrected chi connectivity index (χ3v) is 3.68. The minimum absolute atomic E-state index is 0. The second-order valence-corrected chi connectivity index (χ2v) is 5.34. The molecule has 0 atom stereocenters. The number of hydrogen-bond acceptors (Lipinski definition) is 5. The van der Waals surface area contributed by atoms with Gasteiger partial charge in [0, 0.05) is 6.07 Å². The summed E-state index contributed by atoms with van der Waals surface area (Å²) < 4.78 is 6.38. The molecule has 0 bridgehead atoms. The van der Waals surface area contributed by atoms with Crippen LogP contribution < -0.4 is 16.2 Å².